The van der Waals surface area contributed by atoms with E-state index in [4.69, 9.17) is 16.0 Å². The second-order valence-electron chi connectivity index (χ2n) is 4.67. The lowest BCUT2D eigenvalue weighted by Gasteiger charge is -2.14. The molecule has 0 aliphatic rings. The van der Waals surface area contributed by atoms with E-state index < -0.39 is 0 Å². The predicted octanol–water partition coefficient (Wildman–Crippen LogP) is 3.75. The van der Waals surface area contributed by atoms with Gasteiger partial charge in [-0.25, -0.2) is 0 Å². The summed E-state index contributed by atoms with van der Waals surface area (Å²) in [5.74, 6) is 1.27. The minimum Gasteiger partial charge on any atom is -0.508 e. The smallest absolute Gasteiger partial charge is 0.120 e. The first-order chi connectivity index (χ1) is 9.15. The SMILES string of the molecule is CC(CCc1ccco1)NCc1cc(Cl)ccc1O. The van der Waals surface area contributed by atoms with Gasteiger partial charge in [0.15, 0.2) is 0 Å². The normalized spacial score (nSPS) is 12.5. The number of phenolic OH excluding ortho intramolecular Hbond substituents is 1. The molecule has 1 unspecified atom stereocenters. The molecule has 0 aliphatic carbocycles. The van der Waals surface area contributed by atoms with Crippen molar-refractivity contribution in [3.05, 3.63) is 52.9 Å². The van der Waals surface area contributed by atoms with Crippen molar-refractivity contribution in [2.75, 3.05) is 0 Å². The molecule has 1 atom stereocenters. The fourth-order valence-electron chi connectivity index (χ4n) is 1.90. The maximum atomic E-state index is 9.71. The number of aromatic hydroxyl groups is 1. The molecule has 0 aliphatic heterocycles. The molecule has 0 radical (unpaired) electrons. The van der Waals surface area contributed by atoms with E-state index in [2.05, 4.69) is 12.2 Å². The van der Waals surface area contributed by atoms with Crippen LogP contribution in [0.4, 0.5) is 0 Å². The fraction of sp³-hybridized carbons (Fsp3) is 0.333. The molecule has 19 heavy (non-hydrogen) atoms. The van der Waals surface area contributed by atoms with Crippen molar-refractivity contribution in [1.29, 1.82) is 0 Å². The summed E-state index contributed by atoms with van der Waals surface area (Å²) in [6.45, 7) is 2.72. The molecule has 1 aromatic carbocycles. The van der Waals surface area contributed by atoms with Crippen LogP contribution in [-0.4, -0.2) is 11.1 Å². The summed E-state index contributed by atoms with van der Waals surface area (Å²) in [6, 6.07) is 9.30. The van der Waals surface area contributed by atoms with Gasteiger partial charge in [0.05, 0.1) is 6.26 Å². The number of aryl methyl sites for hydroxylation is 1. The second-order valence-corrected chi connectivity index (χ2v) is 5.11. The largest absolute Gasteiger partial charge is 0.508 e. The number of hydrogen-bond acceptors (Lipinski definition) is 3. The first kappa shape index (κ1) is 14.0. The standard InChI is InChI=1S/C15H18ClNO2/c1-11(4-6-14-3-2-8-19-14)17-10-12-9-13(16)5-7-15(12)18/h2-3,5,7-9,11,17-18H,4,6,10H2,1H3. The quantitative estimate of drug-likeness (QED) is 0.846. The van der Waals surface area contributed by atoms with Crippen LogP contribution in [0.25, 0.3) is 0 Å². The molecule has 0 saturated carbocycles. The summed E-state index contributed by atoms with van der Waals surface area (Å²) in [7, 11) is 0. The molecule has 0 saturated heterocycles. The number of nitrogens with one attached hydrogen (secondary N) is 1. The Morgan fingerprint density at radius 1 is 1.37 bits per heavy atom. The summed E-state index contributed by atoms with van der Waals surface area (Å²) in [6.07, 6.45) is 3.58. The van der Waals surface area contributed by atoms with Crippen LogP contribution in [0.2, 0.25) is 5.02 Å². The molecule has 2 aromatic rings. The fourth-order valence-corrected chi connectivity index (χ4v) is 2.09. The highest BCUT2D eigenvalue weighted by molar-refractivity contribution is 6.30. The van der Waals surface area contributed by atoms with E-state index in [-0.39, 0.29) is 5.75 Å². The van der Waals surface area contributed by atoms with Gasteiger partial charge < -0.3 is 14.8 Å². The van der Waals surface area contributed by atoms with Crippen molar-refractivity contribution in [1.82, 2.24) is 5.32 Å². The monoisotopic (exact) mass is 279 g/mol. The van der Waals surface area contributed by atoms with Gasteiger partial charge >= 0.3 is 0 Å². The van der Waals surface area contributed by atoms with Gasteiger partial charge in [0.1, 0.15) is 11.5 Å². The van der Waals surface area contributed by atoms with Crippen LogP contribution in [0.15, 0.2) is 41.0 Å². The van der Waals surface area contributed by atoms with E-state index in [0.29, 0.717) is 17.6 Å². The molecule has 1 heterocycles. The van der Waals surface area contributed by atoms with Crippen LogP contribution in [0.5, 0.6) is 5.75 Å². The van der Waals surface area contributed by atoms with Gasteiger partial charge in [-0.15, -0.1) is 0 Å². The van der Waals surface area contributed by atoms with E-state index >= 15 is 0 Å². The maximum absolute atomic E-state index is 9.71. The summed E-state index contributed by atoms with van der Waals surface area (Å²) in [5.41, 5.74) is 0.817. The zero-order valence-corrected chi connectivity index (χ0v) is 11.7. The van der Waals surface area contributed by atoms with Crippen molar-refractivity contribution in [3.8, 4) is 5.75 Å². The van der Waals surface area contributed by atoms with Gasteiger partial charge in [0.25, 0.3) is 0 Å². The molecule has 2 N–H and O–H groups in total. The third-order valence-electron chi connectivity index (χ3n) is 3.09. The lowest BCUT2D eigenvalue weighted by molar-refractivity contribution is 0.444. The Morgan fingerprint density at radius 3 is 2.95 bits per heavy atom. The van der Waals surface area contributed by atoms with Crippen LogP contribution < -0.4 is 5.32 Å². The highest BCUT2D eigenvalue weighted by Gasteiger charge is 2.06. The number of rotatable bonds is 6. The average molecular weight is 280 g/mol. The molecule has 1 aromatic heterocycles. The van der Waals surface area contributed by atoms with Crippen molar-refractivity contribution in [3.63, 3.8) is 0 Å². The van der Waals surface area contributed by atoms with Crippen molar-refractivity contribution < 1.29 is 9.52 Å². The molecule has 2 rings (SSSR count). The number of furan rings is 1. The van der Waals surface area contributed by atoms with Gasteiger partial charge in [-0.2, -0.15) is 0 Å². The van der Waals surface area contributed by atoms with Crippen LogP contribution in [-0.2, 0) is 13.0 Å². The Bertz CT molecular complexity index is 511. The molecule has 0 amide bonds. The number of hydrogen-bond donors (Lipinski definition) is 2. The van der Waals surface area contributed by atoms with Gasteiger partial charge in [-0.05, 0) is 43.7 Å². The van der Waals surface area contributed by atoms with E-state index in [1.54, 1.807) is 24.5 Å². The van der Waals surface area contributed by atoms with Crippen molar-refractivity contribution in [2.45, 2.75) is 32.4 Å². The van der Waals surface area contributed by atoms with Crippen LogP contribution >= 0.6 is 11.6 Å². The second kappa shape index (κ2) is 6.64. The van der Waals surface area contributed by atoms with E-state index in [9.17, 15) is 5.11 Å². The molecule has 0 fully saturated rings. The Balaban J connectivity index is 1.79. The molecule has 3 nitrogen and oxygen atoms in total. The topological polar surface area (TPSA) is 45.4 Å². The lowest BCUT2D eigenvalue weighted by atomic mass is 10.1. The van der Waals surface area contributed by atoms with Crippen LogP contribution in [0.1, 0.15) is 24.7 Å². The van der Waals surface area contributed by atoms with Crippen LogP contribution in [0.3, 0.4) is 0 Å². The molecule has 4 heteroatoms. The lowest BCUT2D eigenvalue weighted by Crippen LogP contribution is -2.25. The van der Waals surface area contributed by atoms with Gasteiger partial charge in [0, 0.05) is 29.6 Å². The Kier molecular flexibility index (Phi) is 4.88. The summed E-state index contributed by atoms with van der Waals surface area (Å²) in [5, 5.41) is 13.7. The third-order valence-corrected chi connectivity index (χ3v) is 3.32. The predicted molar refractivity (Wildman–Crippen MR) is 76.4 cm³/mol. The number of benzene rings is 1. The van der Waals surface area contributed by atoms with Gasteiger partial charge in [-0.1, -0.05) is 11.6 Å². The molecular weight excluding hydrogens is 262 g/mol. The molecule has 0 spiro atoms. The van der Waals surface area contributed by atoms with E-state index in [1.165, 1.54) is 0 Å². The van der Waals surface area contributed by atoms with Crippen LogP contribution in [0, 0.1) is 0 Å². The summed E-state index contributed by atoms with van der Waals surface area (Å²) < 4.78 is 5.30. The van der Waals surface area contributed by atoms with Crippen molar-refractivity contribution in [2.24, 2.45) is 0 Å². The number of phenols is 1. The Morgan fingerprint density at radius 2 is 2.21 bits per heavy atom. The zero-order chi connectivity index (χ0) is 13.7. The summed E-state index contributed by atoms with van der Waals surface area (Å²) >= 11 is 5.91. The van der Waals surface area contributed by atoms with E-state index in [0.717, 1.165) is 24.2 Å². The highest BCUT2D eigenvalue weighted by atomic mass is 35.5. The first-order valence-corrected chi connectivity index (χ1v) is 6.76. The Labute approximate surface area is 118 Å². The maximum Gasteiger partial charge on any atom is 0.120 e. The van der Waals surface area contributed by atoms with Gasteiger partial charge in [-0.3, -0.25) is 0 Å². The Hall–Kier alpha value is -1.45. The third kappa shape index (κ3) is 4.30. The minimum absolute atomic E-state index is 0.273. The van der Waals surface area contributed by atoms with E-state index in [1.807, 2.05) is 12.1 Å². The minimum atomic E-state index is 0.273. The zero-order valence-electron chi connectivity index (χ0n) is 10.9. The number of halogens is 1. The molecule has 102 valence electrons. The summed E-state index contributed by atoms with van der Waals surface area (Å²) in [4.78, 5) is 0. The first-order valence-electron chi connectivity index (χ1n) is 6.38. The average Bonchev–Trinajstić information content (AvgIpc) is 2.90. The van der Waals surface area contributed by atoms with Crippen molar-refractivity contribution >= 4 is 11.6 Å². The molecular formula is C15H18ClNO2. The molecule has 0 bridgehead atoms. The highest BCUT2D eigenvalue weighted by Crippen LogP contribution is 2.21. The van der Waals surface area contributed by atoms with Gasteiger partial charge in [0.2, 0.25) is 0 Å².